The molecule has 10 heteroatoms. The van der Waals surface area contributed by atoms with E-state index >= 15 is 0 Å². The lowest BCUT2D eigenvalue weighted by Gasteiger charge is -2.25. The van der Waals surface area contributed by atoms with E-state index in [2.05, 4.69) is 5.32 Å². The van der Waals surface area contributed by atoms with Gasteiger partial charge in [-0.15, -0.1) is 0 Å². The Kier molecular flexibility index (Phi) is 7.74. The van der Waals surface area contributed by atoms with Crippen LogP contribution in [0.5, 0.6) is 11.5 Å². The van der Waals surface area contributed by atoms with Crippen molar-refractivity contribution in [1.82, 2.24) is 10.0 Å². The smallest absolute Gasteiger partial charge is 0.329 e. The van der Waals surface area contributed by atoms with Crippen molar-refractivity contribution in [2.45, 2.75) is 18.9 Å². The number of nitrogens with zero attached hydrogens (tertiary/aromatic N) is 1. The van der Waals surface area contributed by atoms with Crippen LogP contribution in [0.25, 0.3) is 0 Å². The minimum atomic E-state index is -3.92. The fraction of sp³-hybridized carbons (Fsp3) is 0.231. The first kappa shape index (κ1) is 25.1. The van der Waals surface area contributed by atoms with E-state index in [1.807, 2.05) is 65.4 Å². The molecule has 9 nitrogen and oxygen atoms in total. The van der Waals surface area contributed by atoms with Gasteiger partial charge < -0.3 is 19.7 Å². The van der Waals surface area contributed by atoms with E-state index in [0.29, 0.717) is 17.2 Å². The van der Waals surface area contributed by atoms with Crippen molar-refractivity contribution in [2.24, 2.45) is 0 Å². The van der Waals surface area contributed by atoms with Crippen LogP contribution < -0.4 is 24.4 Å². The van der Waals surface area contributed by atoms with Crippen molar-refractivity contribution >= 4 is 27.6 Å². The van der Waals surface area contributed by atoms with Gasteiger partial charge in [0.05, 0.1) is 5.75 Å². The molecule has 1 atom stereocenters. The lowest BCUT2D eigenvalue weighted by molar-refractivity contribution is -0.120. The fourth-order valence-corrected chi connectivity index (χ4v) is 4.73. The molecule has 188 valence electrons. The quantitative estimate of drug-likeness (QED) is 0.459. The predicted octanol–water partition coefficient (Wildman–Crippen LogP) is 2.86. The molecule has 3 aromatic rings. The first-order chi connectivity index (χ1) is 17.3. The van der Waals surface area contributed by atoms with Crippen molar-refractivity contribution in [2.75, 3.05) is 24.5 Å². The van der Waals surface area contributed by atoms with E-state index in [1.165, 1.54) is 4.90 Å². The first-order valence-corrected chi connectivity index (χ1v) is 13.0. The Morgan fingerprint density at radius 3 is 2.25 bits per heavy atom. The molecule has 3 amide bonds. The molecule has 3 aromatic carbocycles. The highest BCUT2D eigenvalue weighted by Crippen LogP contribution is 2.35. The van der Waals surface area contributed by atoms with Gasteiger partial charge in [0, 0.05) is 25.2 Å². The van der Waals surface area contributed by atoms with E-state index < -0.39 is 28.0 Å². The van der Waals surface area contributed by atoms with Crippen LogP contribution in [0.4, 0.5) is 10.5 Å². The second-order valence-electron chi connectivity index (χ2n) is 8.31. The van der Waals surface area contributed by atoms with Gasteiger partial charge in [-0.1, -0.05) is 60.7 Å². The van der Waals surface area contributed by atoms with Crippen LogP contribution in [-0.4, -0.2) is 46.0 Å². The Labute approximate surface area is 210 Å². The normalized spacial score (nSPS) is 13.0. The highest BCUT2D eigenvalue weighted by molar-refractivity contribution is 7.90. The SMILES string of the molecule is CN(C(=O)[C@H](Cc1ccccc1)NC(=O)NS(=O)(=O)CCc1ccccc1)c1ccc2c(c1)OCO2. The second-order valence-corrected chi connectivity index (χ2v) is 10.1. The summed E-state index contributed by atoms with van der Waals surface area (Å²) >= 11 is 0. The molecule has 2 N–H and O–H groups in total. The van der Waals surface area contributed by atoms with Gasteiger partial charge in [-0.05, 0) is 29.7 Å². The number of urea groups is 1. The zero-order valence-electron chi connectivity index (χ0n) is 19.7. The van der Waals surface area contributed by atoms with Crippen LogP contribution >= 0.6 is 0 Å². The number of nitrogens with one attached hydrogen (secondary N) is 2. The topological polar surface area (TPSA) is 114 Å². The van der Waals surface area contributed by atoms with Crippen molar-refractivity contribution in [3.63, 3.8) is 0 Å². The van der Waals surface area contributed by atoms with Gasteiger partial charge in [0.1, 0.15) is 6.04 Å². The Balaban J connectivity index is 1.46. The minimum absolute atomic E-state index is 0.105. The average molecular weight is 510 g/mol. The van der Waals surface area contributed by atoms with Crippen LogP contribution in [0, 0.1) is 0 Å². The molecular formula is C26H27N3O6S. The van der Waals surface area contributed by atoms with E-state index in [-0.39, 0.29) is 25.4 Å². The van der Waals surface area contributed by atoms with E-state index in [4.69, 9.17) is 9.47 Å². The van der Waals surface area contributed by atoms with Gasteiger partial charge in [-0.3, -0.25) is 4.79 Å². The first-order valence-electron chi connectivity index (χ1n) is 11.4. The Morgan fingerprint density at radius 2 is 1.56 bits per heavy atom. The van der Waals surface area contributed by atoms with Crippen LogP contribution in [-0.2, 0) is 27.7 Å². The number of hydrogen-bond donors (Lipinski definition) is 2. The summed E-state index contributed by atoms with van der Waals surface area (Å²) in [5, 5.41) is 2.55. The summed E-state index contributed by atoms with van der Waals surface area (Å²) in [6.07, 6.45) is 0.425. The molecule has 1 heterocycles. The molecular weight excluding hydrogens is 482 g/mol. The number of rotatable bonds is 9. The van der Waals surface area contributed by atoms with Gasteiger partial charge in [-0.25, -0.2) is 17.9 Å². The molecule has 1 aliphatic rings. The molecule has 0 unspecified atom stereocenters. The van der Waals surface area contributed by atoms with Gasteiger partial charge in [-0.2, -0.15) is 0 Å². The second kappa shape index (κ2) is 11.1. The van der Waals surface area contributed by atoms with Gasteiger partial charge in [0.25, 0.3) is 0 Å². The maximum atomic E-state index is 13.4. The summed E-state index contributed by atoms with van der Waals surface area (Å²) in [5.74, 6) is 0.411. The third kappa shape index (κ3) is 6.54. The number of carbonyl (C=O) groups is 2. The molecule has 0 aromatic heterocycles. The number of sulfonamides is 1. The van der Waals surface area contributed by atoms with Crippen molar-refractivity contribution in [1.29, 1.82) is 0 Å². The van der Waals surface area contributed by atoms with Crippen LogP contribution in [0.2, 0.25) is 0 Å². The standard InChI is InChI=1S/C26H27N3O6S/c1-29(21-12-13-23-24(17-21)35-18-34-23)25(30)22(16-20-10-6-3-7-11-20)27-26(31)28-36(32,33)15-14-19-8-4-2-5-9-19/h2-13,17,22H,14-16,18H2,1H3,(H2,27,28,31)/t22-/m0/s1. The summed E-state index contributed by atoms with van der Waals surface area (Å²) < 4.78 is 37.7. The summed E-state index contributed by atoms with van der Waals surface area (Å²) in [7, 11) is -2.34. The number of likely N-dealkylation sites (N-methyl/N-ethyl adjacent to an activating group) is 1. The molecule has 36 heavy (non-hydrogen) atoms. The molecule has 0 bridgehead atoms. The zero-order valence-corrected chi connectivity index (χ0v) is 20.5. The van der Waals surface area contributed by atoms with Gasteiger partial charge in [0.2, 0.25) is 22.7 Å². The summed E-state index contributed by atoms with van der Waals surface area (Å²) in [5.41, 5.74) is 2.19. The van der Waals surface area contributed by atoms with Crippen molar-refractivity contribution < 1.29 is 27.5 Å². The largest absolute Gasteiger partial charge is 0.454 e. The number of aryl methyl sites for hydroxylation is 1. The van der Waals surface area contributed by atoms with Crippen molar-refractivity contribution in [3.05, 3.63) is 90.0 Å². The molecule has 0 spiro atoms. The lowest BCUT2D eigenvalue weighted by Crippen LogP contribution is -2.52. The predicted molar refractivity (Wildman–Crippen MR) is 136 cm³/mol. The van der Waals surface area contributed by atoms with E-state index in [9.17, 15) is 18.0 Å². The summed E-state index contributed by atoms with van der Waals surface area (Å²) in [6.45, 7) is 0.105. The summed E-state index contributed by atoms with van der Waals surface area (Å²) in [4.78, 5) is 27.5. The van der Waals surface area contributed by atoms with Crippen LogP contribution in [0.3, 0.4) is 0 Å². The van der Waals surface area contributed by atoms with E-state index in [0.717, 1.165) is 11.1 Å². The number of anilines is 1. The Bertz CT molecular complexity index is 1320. The average Bonchev–Trinajstić information content (AvgIpc) is 3.35. The monoisotopic (exact) mass is 509 g/mol. The number of hydrogen-bond acceptors (Lipinski definition) is 6. The fourth-order valence-electron chi connectivity index (χ4n) is 3.78. The number of benzene rings is 3. The molecule has 0 fully saturated rings. The number of carbonyl (C=O) groups excluding carboxylic acids is 2. The number of ether oxygens (including phenoxy) is 2. The van der Waals surface area contributed by atoms with Crippen molar-refractivity contribution in [3.8, 4) is 11.5 Å². The number of fused-ring (bicyclic) bond motifs is 1. The zero-order chi connectivity index (χ0) is 25.5. The minimum Gasteiger partial charge on any atom is -0.454 e. The lowest BCUT2D eigenvalue weighted by atomic mass is 10.0. The van der Waals surface area contributed by atoms with E-state index in [1.54, 1.807) is 25.2 Å². The highest BCUT2D eigenvalue weighted by atomic mass is 32.2. The Hall–Kier alpha value is -4.05. The maximum absolute atomic E-state index is 13.4. The third-order valence-electron chi connectivity index (χ3n) is 5.71. The van der Waals surface area contributed by atoms with Crippen LogP contribution in [0.15, 0.2) is 78.9 Å². The van der Waals surface area contributed by atoms with Gasteiger partial charge >= 0.3 is 6.03 Å². The molecule has 4 rings (SSSR count). The molecule has 0 saturated heterocycles. The van der Waals surface area contributed by atoms with Crippen LogP contribution in [0.1, 0.15) is 11.1 Å². The van der Waals surface area contributed by atoms with Gasteiger partial charge in [0.15, 0.2) is 11.5 Å². The summed E-state index contributed by atoms with van der Waals surface area (Å²) in [6, 6.07) is 21.4. The molecule has 0 radical (unpaired) electrons. The number of amides is 3. The maximum Gasteiger partial charge on any atom is 0.329 e. The highest BCUT2D eigenvalue weighted by Gasteiger charge is 2.28. The molecule has 1 aliphatic heterocycles. The molecule has 0 aliphatic carbocycles. The molecule has 0 saturated carbocycles. The third-order valence-corrected chi connectivity index (χ3v) is 6.95. The Morgan fingerprint density at radius 1 is 0.917 bits per heavy atom.